The highest BCUT2D eigenvalue weighted by molar-refractivity contribution is 5.34. The fourth-order valence-electron chi connectivity index (χ4n) is 1.42. The minimum Gasteiger partial charge on any atom is -0.363 e. The molecule has 2 rings (SSSR count). The molecule has 84 valence electrons. The van der Waals surface area contributed by atoms with Gasteiger partial charge in [0.25, 0.3) is 0 Å². The first-order valence-corrected chi connectivity index (χ1v) is 5.30. The predicted octanol–water partition coefficient (Wildman–Crippen LogP) is 1.38. The van der Waals surface area contributed by atoms with Crippen molar-refractivity contribution in [1.82, 2.24) is 19.5 Å². The summed E-state index contributed by atoms with van der Waals surface area (Å²) in [4.78, 5) is 12.5. The van der Waals surface area contributed by atoms with Crippen LogP contribution in [0.15, 0.2) is 24.8 Å². The van der Waals surface area contributed by atoms with Gasteiger partial charge in [-0.3, -0.25) is 0 Å². The van der Waals surface area contributed by atoms with Gasteiger partial charge in [-0.1, -0.05) is 6.92 Å². The minimum atomic E-state index is 0.670. The monoisotopic (exact) mass is 217 g/mol. The van der Waals surface area contributed by atoms with Gasteiger partial charge in [-0.05, 0) is 6.42 Å². The number of hydrogen-bond acceptors (Lipinski definition) is 4. The second-order valence-corrected chi connectivity index (χ2v) is 3.56. The van der Waals surface area contributed by atoms with Crippen LogP contribution in [-0.4, -0.2) is 19.5 Å². The molecule has 0 saturated carbocycles. The van der Waals surface area contributed by atoms with Crippen molar-refractivity contribution in [2.24, 2.45) is 7.05 Å². The van der Waals surface area contributed by atoms with Gasteiger partial charge in [-0.15, -0.1) is 0 Å². The molecule has 2 heterocycles. The molecule has 0 spiro atoms. The van der Waals surface area contributed by atoms with Gasteiger partial charge in [0.15, 0.2) is 0 Å². The van der Waals surface area contributed by atoms with E-state index >= 15 is 0 Å². The average molecular weight is 217 g/mol. The maximum absolute atomic E-state index is 4.23. The van der Waals surface area contributed by atoms with E-state index in [0.29, 0.717) is 6.54 Å². The summed E-state index contributed by atoms with van der Waals surface area (Å²) in [5, 5.41) is 3.23. The number of aryl methyl sites for hydroxylation is 2. The van der Waals surface area contributed by atoms with Crippen LogP contribution in [-0.2, 0) is 20.0 Å². The highest BCUT2D eigenvalue weighted by Crippen LogP contribution is 2.06. The lowest BCUT2D eigenvalue weighted by Gasteiger charge is -2.06. The van der Waals surface area contributed by atoms with Gasteiger partial charge < -0.3 is 9.88 Å². The topological polar surface area (TPSA) is 55.6 Å². The summed E-state index contributed by atoms with van der Waals surface area (Å²) in [6.07, 6.45) is 6.21. The molecule has 0 unspecified atom stereocenters. The van der Waals surface area contributed by atoms with Crippen molar-refractivity contribution in [2.75, 3.05) is 5.32 Å². The quantitative estimate of drug-likeness (QED) is 0.840. The molecule has 5 heteroatoms. The van der Waals surface area contributed by atoms with Crippen LogP contribution in [0.1, 0.15) is 18.4 Å². The van der Waals surface area contributed by atoms with Gasteiger partial charge in [0.05, 0.1) is 6.54 Å². The van der Waals surface area contributed by atoms with Crippen LogP contribution in [0.3, 0.4) is 0 Å². The fraction of sp³-hybridized carbons (Fsp3) is 0.364. The lowest BCUT2D eigenvalue weighted by molar-refractivity contribution is 0.809. The zero-order valence-electron chi connectivity index (χ0n) is 9.51. The summed E-state index contributed by atoms with van der Waals surface area (Å²) < 4.78 is 1.98. The molecule has 5 nitrogen and oxygen atoms in total. The molecular formula is C11H15N5. The molecule has 0 aliphatic heterocycles. The van der Waals surface area contributed by atoms with Gasteiger partial charge in [-0.2, -0.15) is 0 Å². The summed E-state index contributed by atoms with van der Waals surface area (Å²) in [5.74, 6) is 1.83. The van der Waals surface area contributed by atoms with E-state index in [-0.39, 0.29) is 0 Å². The first kappa shape index (κ1) is 10.6. The van der Waals surface area contributed by atoms with Crippen molar-refractivity contribution < 1.29 is 0 Å². The molecule has 0 fully saturated rings. The van der Waals surface area contributed by atoms with Crippen molar-refractivity contribution >= 4 is 5.82 Å². The normalized spacial score (nSPS) is 10.4. The van der Waals surface area contributed by atoms with Crippen LogP contribution in [0.4, 0.5) is 5.82 Å². The molecule has 0 saturated heterocycles. The van der Waals surface area contributed by atoms with Crippen molar-refractivity contribution in [3.63, 3.8) is 0 Å². The minimum absolute atomic E-state index is 0.670. The molecule has 0 aliphatic carbocycles. The highest BCUT2D eigenvalue weighted by atomic mass is 15.1. The summed E-state index contributed by atoms with van der Waals surface area (Å²) in [7, 11) is 1.97. The van der Waals surface area contributed by atoms with Crippen molar-refractivity contribution in [3.8, 4) is 0 Å². The molecule has 0 aromatic carbocycles. The predicted molar refractivity (Wildman–Crippen MR) is 61.9 cm³/mol. The van der Waals surface area contributed by atoms with Crippen molar-refractivity contribution in [3.05, 3.63) is 36.3 Å². The van der Waals surface area contributed by atoms with Crippen molar-refractivity contribution in [1.29, 1.82) is 0 Å². The molecule has 2 aromatic heterocycles. The zero-order chi connectivity index (χ0) is 11.4. The third-order valence-electron chi connectivity index (χ3n) is 2.43. The molecule has 0 amide bonds. The molecular weight excluding hydrogens is 202 g/mol. The third kappa shape index (κ3) is 2.36. The van der Waals surface area contributed by atoms with E-state index in [1.165, 1.54) is 0 Å². The van der Waals surface area contributed by atoms with Gasteiger partial charge in [0.1, 0.15) is 18.0 Å². The van der Waals surface area contributed by atoms with Crippen molar-refractivity contribution in [2.45, 2.75) is 19.9 Å². The molecule has 0 radical (unpaired) electrons. The van der Waals surface area contributed by atoms with Gasteiger partial charge in [0, 0.05) is 31.2 Å². The fourth-order valence-corrected chi connectivity index (χ4v) is 1.42. The maximum atomic E-state index is 4.23. The number of imidazole rings is 1. The number of anilines is 1. The average Bonchev–Trinajstić information content (AvgIpc) is 2.72. The Labute approximate surface area is 94.6 Å². The van der Waals surface area contributed by atoms with Crippen LogP contribution in [0, 0.1) is 0 Å². The Balaban J connectivity index is 2.02. The van der Waals surface area contributed by atoms with Crippen LogP contribution in [0.5, 0.6) is 0 Å². The van der Waals surface area contributed by atoms with E-state index in [0.717, 1.165) is 23.8 Å². The van der Waals surface area contributed by atoms with E-state index < -0.39 is 0 Å². The van der Waals surface area contributed by atoms with Gasteiger partial charge in [0.2, 0.25) is 0 Å². The molecule has 16 heavy (non-hydrogen) atoms. The molecule has 0 atom stereocenters. The molecule has 2 aromatic rings. The van der Waals surface area contributed by atoms with Crippen LogP contribution >= 0.6 is 0 Å². The number of nitrogens with one attached hydrogen (secondary N) is 1. The second-order valence-electron chi connectivity index (χ2n) is 3.56. The Hall–Kier alpha value is -1.91. The number of hydrogen-bond donors (Lipinski definition) is 1. The first-order valence-electron chi connectivity index (χ1n) is 5.30. The van der Waals surface area contributed by atoms with E-state index in [1.54, 1.807) is 12.5 Å². The number of nitrogens with zero attached hydrogens (tertiary/aromatic N) is 4. The standard InChI is InChI=1S/C11H15N5/c1-3-9-6-10(15-8-14-9)13-7-11-12-4-5-16(11)2/h4-6,8H,3,7H2,1-2H3,(H,13,14,15). The Morgan fingerprint density at radius 1 is 1.31 bits per heavy atom. The summed E-state index contributed by atoms with van der Waals surface area (Å²) >= 11 is 0. The lowest BCUT2D eigenvalue weighted by Crippen LogP contribution is -2.07. The molecule has 0 aliphatic rings. The van der Waals surface area contributed by atoms with E-state index in [4.69, 9.17) is 0 Å². The van der Waals surface area contributed by atoms with Gasteiger partial charge >= 0.3 is 0 Å². The second kappa shape index (κ2) is 4.74. The summed E-state index contributed by atoms with van der Waals surface area (Å²) in [6.45, 7) is 2.74. The summed E-state index contributed by atoms with van der Waals surface area (Å²) in [5.41, 5.74) is 1.04. The number of rotatable bonds is 4. The van der Waals surface area contributed by atoms with E-state index in [2.05, 4.69) is 27.2 Å². The largest absolute Gasteiger partial charge is 0.363 e. The molecule has 1 N–H and O–H groups in total. The first-order chi connectivity index (χ1) is 7.79. The smallest absolute Gasteiger partial charge is 0.129 e. The summed E-state index contributed by atoms with van der Waals surface area (Å²) in [6, 6.07) is 1.96. The molecule has 0 bridgehead atoms. The SMILES string of the molecule is CCc1cc(NCc2nccn2C)ncn1. The van der Waals surface area contributed by atoms with Crippen LogP contribution in [0.25, 0.3) is 0 Å². The third-order valence-corrected chi connectivity index (χ3v) is 2.43. The number of aromatic nitrogens is 4. The van der Waals surface area contributed by atoms with Gasteiger partial charge in [-0.25, -0.2) is 15.0 Å². The van der Waals surface area contributed by atoms with Crippen LogP contribution in [0.2, 0.25) is 0 Å². The Kier molecular flexibility index (Phi) is 3.14. The van der Waals surface area contributed by atoms with E-state index in [1.807, 2.05) is 23.9 Å². The Morgan fingerprint density at radius 3 is 2.88 bits per heavy atom. The lowest BCUT2D eigenvalue weighted by atomic mass is 10.3. The Bertz CT molecular complexity index is 463. The maximum Gasteiger partial charge on any atom is 0.129 e. The Morgan fingerprint density at radius 2 is 2.19 bits per heavy atom. The zero-order valence-corrected chi connectivity index (χ0v) is 9.51. The highest BCUT2D eigenvalue weighted by Gasteiger charge is 2.00. The van der Waals surface area contributed by atoms with Crippen LogP contribution < -0.4 is 5.32 Å². The van der Waals surface area contributed by atoms with E-state index in [9.17, 15) is 0 Å².